The minimum absolute atomic E-state index is 0.0569. The van der Waals surface area contributed by atoms with Crippen molar-refractivity contribution in [1.82, 2.24) is 10.3 Å². The zero-order valence-corrected chi connectivity index (χ0v) is 13.2. The lowest BCUT2D eigenvalue weighted by molar-refractivity contribution is -0.150. The monoisotopic (exact) mass is 296 g/mol. The Kier molecular flexibility index (Phi) is 4.40. The second-order valence-corrected chi connectivity index (χ2v) is 7.02. The van der Waals surface area contributed by atoms with Gasteiger partial charge in [-0.25, -0.2) is 4.98 Å². The van der Waals surface area contributed by atoms with E-state index in [9.17, 15) is 0 Å². The molecular weight excluding hydrogens is 272 g/mol. The van der Waals surface area contributed by atoms with Gasteiger partial charge in [0.1, 0.15) is 0 Å². The number of hydrogen-bond acceptors (Lipinski definition) is 5. The predicted molar refractivity (Wildman–Crippen MR) is 80.1 cm³/mol. The smallest absolute Gasteiger partial charge is 0.0898 e. The van der Waals surface area contributed by atoms with Crippen molar-refractivity contribution < 1.29 is 9.47 Å². The van der Waals surface area contributed by atoms with Crippen LogP contribution in [0.2, 0.25) is 0 Å². The van der Waals surface area contributed by atoms with Gasteiger partial charge in [-0.05, 0) is 45.6 Å². The van der Waals surface area contributed by atoms with Crippen molar-refractivity contribution in [1.29, 1.82) is 0 Å². The molecule has 20 heavy (non-hydrogen) atoms. The van der Waals surface area contributed by atoms with Gasteiger partial charge in [0, 0.05) is 25.2 Å². The van der Waals surface area contributed by atoms with Crippen LogP contribution in [0.5, 0.6) is 0 Å². The molecule has 2 saturated heterocycles. The van der Waals surface area contributed by atoms with Gasteiger partial charge in [0.15, 0.2) is 0 Å². The summed E-state index contributed by atoms with van der Waals surface area (Å²) in [4.78, 5) is 4.68. The molecule has 2 unspecified atom stereocenters. The summed E-state index contributed by atoms with van der Waals surface area (Å²) in [6.45, 7) is 4.62. The summed E-state index contributed by atoms with van der Waals surface area (Å²) < 4.78 is 11.6. The van der Waals surface area contributed by atoms with Gasteiger partial charge in [0.05, 0.1) is 22.3 Å². The first-order valence-electron chi connectivity index (χ1n) is 7.53. The molecule has 0 aromatic carbocycles. The molecule has 4 nitrogen and oxygen atoms in total. The second kappa shape index (κ2) is 6.10. The number of rotatable bonds is 3. The average Bonchev–Trinajstić information content (AvgIpc) is 2.87. The maximum atomic E-state index is 6.15. The molecule has 1 aromatic heterocycles. The van der Waals surface area contributed by atoms with Gasteiger partial charge in [-0.2, -0.15) is 0 Å². The molecule has 1 N–H and O–H groups in total. The molecule has 2 atom stereocenters. The molecule has 0 radical (unpaired) electrons. The van der Waals surface area contributed by atoms with Crippen LogP contribution in [0.15, 0.2) is 5.38 Å². The molecule has 5 heteroatoms. The van der Waals surface area contributed by atoms with Gasteiger partial charge in [-0.1, -0.05) is 0 Å². The largest absolute Gasteiger partial charge is 0.381 e. The molecule has 2 fully saturated rings. The normalized spacial score (nSPS) is 27.6. The summed E-state index contributed by atoms with van der Waals surface area (Å²) in [5.74, 6) is 0.605. The Morgan fingerprint density at radius 3 is 2.85 bits per heavy atom. The van der Waals surface area contributed by atoms with Crippen LogP contribution >= 0.6 is 11.3 Å². The number of ether oxygens (including phenoxy) is 2. The molecule has 0 saturated carbocycles. The molecule has 0 bridgehead atoms. The summed E-state index contributed by atoms with van der Waals surface area (Å²) in [5, 5.41) is 6.82. The minimum atomic E-state index is 0.0569. The zero-order chi connectivity index (χ0) is 14.0. The van der Waals surface area contributed by atoms with E-state index in [0.717, 1.165) is 50.5 Å². The summed E-state index contributed by atoms with van der Waals surface area (Å²) in [6.07, 6.45) is 4.31. The van der Waals surface area contributed by atoms with Crippen molar-refractivity contribution in [3.05, 3.63) is 16.1 Å². The van der Waals surface area contributed by atoms with Crippen molar-refractivity contribution in [2.24, 2.45) is 5.92 Å². The fourth-order valence-corrected chi connectivity index (χ4v) is 4.24. The van der Waals surface area contributed by atoms with Crippen LogP contribution in [0.25, 0.3) is 0 Å². The molecule has 1 spiro atoms. The van der Waals surface area contributed by atoms with Crippen LogP contribution in [-0.2, 0) is 9.47 Å². The van der Waals surface area contributed by atoms with Crippen LogP contribution in [0.4, 0.5) is 0 Å². The maximum Gasteiger partial charge on any atom is 0.0898 e. The molecule has 0 aliphatic carbocycles. The summed E-state index contributed by atoms with van der Waals surface area (Å²) >= 11 is 1.74. The number of nitrogens with zero attached hydrogens (tertiary/aromatic N) is 1. The Hall–Kier alpha value is -0.490. The highest BCUT2D eigenvalue weighted by Crippen LogP contribution is 2.41. The highest BCUT2D eigenvalue weighted by atomic mass is 32.1. The van der Waals surface area contributed by atoms with Gasteiger partial charge in [-0.15, -0.1) is 11.3 Å². The Labute approximate surface area is 124 Å². The molecule has 2 aliphatic heterocycles. The van der Waals surface area contributed by atoms with E-state index in [1.807, 2.05) is 7.05 Å². The number of hydrogen-bond donors (Lipinski definition) is 1. The van der Waals surface area contributed by atoms with E-state index < -0.39 is 0 Å². The van der Waals surface area contributed by atoms with Crippen molar-refractivity contribution >= 4 is 11.3 Å². The first-order valence-corrected chi connectivity index (χ1v) is 8.41. The average molecular weight is 296 g/mol. The number of aryl methyl sites for hydroxylation is 1. The lowest BCUT2D eigenvalue weighted by Gasteiger charge is -2.45. The first-order chi connectivity index (χ1) is 9.72. The van der Waals surface area contributed by atoms with Gasteiger partial charge < -0.3 is 14.8 Å². The molecular formula is C15H24N2O2S. The fourth-order valence-electron chi connectivity index (χ4n) is 3.59. The SMILES string of the molecule is CNC(c1csc(C)n1)C1CCOC2(CCOCC2)C1. The molecule has 3 rings (SSSR count). The van der Waals surface area contributed by atoms with Crippen molar-refractivity contribution in [3.8, 4) is 0 Å². The van der Waals surface area contributed by atoms with Crippen LogP contribution in [0, 0.1) is 12.8 Å². The molecule has 0 amide bonds. The number of thiazole rings is 1. The van der Waals surface area contributed by atoms with Gasteiger partial charge in [-0.3, -0.25) is 0 Å². The number of nitrogens with one attached hydrogen (secondary N) is 1. The van der Waals surface area contributed by atoms with E-state index >= 15 is 0 Å². The van der Waals surface area contributed by atoms with Crippen LogP contribution in [-0.4, -0.2) is 37.5 Å². The first kappa shape index (κ1) is 14.4. The van der Waals surface area contributed by atoms with E-state index in [-0.39, 0.29) is 5.60 Å². The molecule has 2 aliphatic rings. The fraction of sp³-hybridized carbons (Fsp3) is 0.800. The zero-order valence-electron chi connectivity index (χ0n) is 12.4. The molecule has 1 aromatic rings. The molecule has 112 valence electrons. The topological polar surface area (TPSA) is 43.4 Å². The van der Waals surface area contributed by atoms with E-state index in [0.29, 0.717) is 12.0 Å². The summed E-state index contributed by atoms with van der Waals surface area (Å²) in [5.41, 5.74) is 1.26. The third-order valence-electron chi connectivity index (χ3n) is 4.67. The standard InChI is InChI=1S/C15H24N2O2S/c1-11-17-13(10-20-11)14(16-2)12-3-6-19-15(9-12)4-7-18-8-5-15/h10,12,14,16H,3-9H2,1-2H3. The minimum Gasteiger partial charge on any atom is -0.381 e. The Morgan fingerprint density at radius 1 is 1.40 bits per heavy atom. The van der Waals surface area contributed by atoms with E-state index in [4.69, 9.17) is 9.47 Å². The van der Waals surface area contributed by atoms with Gasteiger partial charge in [0.2, 0.25) is 0 Å². The molecule has 3 heterocycles. The second-order valence-electron chi connectivity index (χ2n) is 5.95. The Morgan fingerprint density at radius 2 is 2.20 bits per heavy atom. The van der Waals surface area contributed by atoms with Crippen LogP contribution in [0.1, 0.15) is 42.4 Å². The van der Waals surface area contributed by atoms with E-state index in [2.05, 4.69) is 22.6 Å². The lowest BCUT2D eigenvalue weighted by atomic mass is 9.77. The van der Waals surface area contributed by atoms with Crippen LogP contribution < -0.4 is 5.32 Å². The highest BCUT2D eigenvalue weighted by Gasteiger charge is 2.41. The summed E-state index contributed by atoms with van der Waals surface area (Å²) in [7, 11) is 2.05. The third kappa shape index (κ3) is 2.91. The van der Waals surface area contributed by atoms with Crippen LogP contribution in [0.3, 0.4) is 0 Å². The Balaban J connectivity index is 1.74. The summed E-state index contributed by atoms with van der Waals surface area (Å²) in [6, 6.07) is 0.351. The highest BCUT2D eigenvalue weighted by molar-refractivity contribution is 7.09. The van der Waals surface area contributed by atoms with E-state index in [1.54, 1.807) is 11.3 Å². The number of aromatic nitrogens is 1. The van der Waals surface area contributed by atoms with E-state index in [1.165, 1.54) is 5.69 Å². The van der Waals surface area contributed by atoms with Gasteiger partial charge in [0.25, 0.3) is 0 Å². The Bertz CT molecular complexity index is 437. The quantitative estimate of drug-likeness (QED) is 0.931. The predicted octanol–water partition coefficient (Wildman–Crippen LogP) is 2.69. The lowest BCUT2D eigenvalue weighted by Crippen LogP contribution is -2.46. The van der Waals surface area contributed by atoms with Crippen molar-refractivity contribution in [2.45, 2.75) is 44.2 Å². The van der Waals surface area contributed by atoms with Gasteiger partial charge >= 0.3 is 0 Å². The van der Waals surface area contributed by atoms with Crippen molar-refractivity contribution in [3.63, 3.8) is 0 Å². The third-order valence-corrected chi connectivity index (χ3v) is 5.46. The maximum absolute atomic E-state index is 6.15. The van der Waals surface area contributed by atoms with Crippen molar-refractivity contribution in [2.75, 3.05) is 26.9 Å².